The van der Waals surface area contributed by atoms with Crippen molar-refractivity contribution in [2.45, 2.75) is 6.42 Å². The Bertz CT molecular complexity index is 1010. The molecule has 0 radical (unpaired) electrons. The molecule has 156 valence electrons. The summed E-state index contributed by atoms with van der Waals surface area (Å²) in [5, 5.41) is 7.44. The van der Waals surface area contributed by atoms with Crippen LogP contribution in [-0.4, -0.2) is 54.5 Å². The molecule has 1 amide bonds. The van der Waals surface area contributed by atoms with E-state index in [0.29, 0.717) is 36.9 Å². The zero-order valence-electron chi connectivity index (χ0n) is 16.1. The molecule has 2 aromatic heterocycles. The van der Waals surface area contributed by atoms with E-state index in [9.17, 15) is 9.59 Å². The van der Waals surface area contributed by atoms with Gasteiger partial charge in [0.1, 0.15) is 5.01 Å². The first-order chi connectivity index (χ1) is 14.6. The van der Waals surface area contributed by atoms with Crippen molar-refractivity contribution in [2.75, 3.05) is 37.7 Å². The summed E-state index contributed by atoms with van der Waals surface area (Å²) in [6.45, 7) is 2.35. The van der Waals surface area contributed by atoms with Crippen molar-refractivity contribution < 1.29 is 14.3 Å². The van der Waals surface area contributed by atoms with Gasteiger partial charge in [-0.25, -0.2) is 4.98 Å². The van der Waals surface area contributed by atoms with Crippen molar-refractivity contribution in [1.29, 1.82) is 0 Å². The summed E-state index contributed by atoms with van der Waals surface area (Å²) in [4.78, 5) is 32.9. The third-order valence-corrected chi connectivity index (χ3v) is 6.67. The molecule has 0 atom stereocenters. The van der Waals surface area contributed by atoms with Crippen molar-refractivity contribution in [3.63, 3.8) is 0 Å². The number of carbonyl (C=O) groups excluding carboxylic acids is 2. The number of anilines is 1. The van der Waals surface area contributed by atoms with Crippen LogP contribution in [0, 0.1) is 0 Å². The van der Waals surface area contributed by atoms with Gasteiger partial charge < -0.3 is 14.5 Å². The number of benzene rings is 1. The molecule has 1 aliphatic rings. The fourth-order valence-electron chi connectivity index (χ4n) is 3.23. The standard InChI is InChI=1S/C21H20ClN3O3S2/c22-16-2-1-3-18(10-16)24-5-7-25(8-6-24)19(26)12-28-20(27)11-17-14-30-21(23-17)15-4-9-29-13-15/h1-4,9-10,13-14H,5-8,11-12H2. The van der Waals surface area contributed by atoms with E-state index in [1.165, 1.54) is 11.3 Å². The molecule has 3 aromatic rings. The van der Waals surface area contributed by atoms with E-state index in [1.54, 1.807) is 16.2 Å². The van der Waals surface area contributed by atoms with Crippen LogP contribution in [0.3, 0.4) is 0 Å². The SMILES string of the molecule is O=C(Cc1csc(-c2ccsc2)n1)OCC(=O)N1CCN(c2cccc(Cl)c2)CC1. The molecule has 0 saturated carbocycles. The topological polar surface area (TPSA) is 62.7 Å². The van der Waals surface area contributed by atoms with Crippen LogP contribution in [0.1, 0.15) is 5.69 Å². The summed E-state index contributed by atoms with van der Waals surface area (Å²) in [5.74, 6) is -0.616. The molecule has 1 fully saturated rings. The molecule has 1 saturated heterocycles. The second-order valence-electron chi connectivity index (χ2n) is 6.84. The van der Waals surface area contributed by atoms with Gasteiger partial charge in [-0.2, -0.15) is 11.3 Å². The van der Waals surface area contributed by atoms with Crippen LogP contribution in [-0.2, 0) is 20.7 Å². The molecule has 9 heteroatoms. The number of hydrogen-bond donors (Lipinski definition) is 0. The number of halogens is 1. The van der Waals surface area contributed by atoms with E-state index < -0.39 is 5.97 Å². The van der Waals surface area contributed by atoms with Crippen molar-refractivity contribution in [3.05, 3.63) is 57.2 Å². The summed E-state index contributed by atoms with van der Waals surface area (Å²) < 4.78 is 5.19. The lowest BCUT2D eigenvalue weighted by Gasteiger charge is -2.36. The first-order valence-corrected chi connectivity index (χ1v) is 11.7. The number of ether oxygens (including phenoxy) is 1. The first-order valence-electron chi connectivity index (χ1n) is 9.49. The third kappa shape index (κ3) is 5.19. The van der Waals surface area contributed by atoms with Crippen molar-refractivity contribution in [3.8, 4) is 10.6 Å². The fourth-order valence-corrected chi connectivity index (χ4v) is 4.94. The van der Waals surface area contributed by atoms with Gasteiger partial charge >= 0.3 is 5.97 Å². The predicted molar refractivity (Wildman–Crippen MR) is 120 cm³/mol. The van der Waals surface area contributed by atoms with Crippen molar-refractivity contribution in [1.82, 2.24) is 9.88 Å². The number of thiophene rings is 1. The van der Waals surface area contributed by atoms with Gasteiger partial charge in [-0.05, 0) is 29.6 Å². The number of thiazole rings is 1. The van der Waals surface area contributed by atoms with Gasteiger partial charge in [0.2, 0.25) is 0 Å². The Balaban J connectivity index is 1.22. The molecule has 3 heterocycles. The van der Waals surface area contributed by atoms with E-state index >= 15 is 0 Å². The molecule has 6 nitrogen and oxygen atoms in total. The van der Waals surface area contributed by atoms with E-state index in [1.807, 2.05) is 46.5 Å². The van der Waals surface area contributed by atoms with Crippen LogP contribution in [0.2, 0.25) is 5.02 Å². The van der Waals surface area contributed by atoms with Gasteiger partial charge in [-0.3, -0.25) is 9.59 Å². The second kappa shape index (κ2) is 9.59. The van der Waals surface area contributed by atoms with E-state index in [2.05, 4.69) is 9.88 Å². The van der Waals surface area contributed by atoms with Crippen LogP contribution in [0.15, 0.2) is 46.5 Å². The molecular weight excluding hydrogens is 442 g/mol. The Morgan fingerprint density at radius 2 is 1.97 bits per heavy atom. The maximum atomic E-state index is 12.4. The number of hydrogen-bond acceptors (Lipinski definition) is 7. The normalized spacial score (nSPS) is 14.0. The number of nitrogens with zero attached hydrogens (tertiary/aromatic N) is 3. The Morgan fingerprint density at radius 3 is 2.70 bits per heavy atom. The lowest BCUT2D eigenvalue weighted by Crippen LogP contribution is -2.50. The molecular formula is C21H20ClN3O3S2. The second-order valence-corrected chi connectivity index (χ2v) is 8.92. The van der Waals surface area contributed by atoms with E-state index in [0.717, 1.165) is 16.3 Å². The van der Waals surface area contributed by atoms with Crippen LogP contribution in [0.5, 0.6) is 0 Å². The van der Waals surface area contributed by atoms with Gasteiger partial charge in [-0.1, -0.05) is 17.7 Å². The van der Waals surface area contributed by atoms with Crippen LogP contribution >= 0.6 is 34.3 Å². The van der Waals surface area contributed by atoms with Crippen LogP contribution < -0.4 is 4.90 Å². The summed E-state index contributed by atoms with van der Waals surface area (Å²) >= 11 is 9.16. The quantitative estimate of drug-likeness (QED) is 0.520. The number of aromatic nitrogens is 1. The molecule has 0 bridgehead atoms. The number of carbonyl (C=O) groups is 2. The smallest absolute Gasteiger partial charge is 0.312 e. The highest BCUT2D eigenvalue weighted by Crippen LogP contribution is 2.26. The van der Waals surface area contributed by atoms with Gasteiger partial charge in [0, 0.05) is 53.2 Å². The Kier molecular flexibility index (Phi) is 6.66. The lowest BCUT2D eigenvalue weighted by molar-refractivity contribution is -0.151. The number of esters is 1. The van der Waals surface area contributed by atoms with Crippen molar-refractivity contribution >= 4 is 51.8 Å². The molecule has 0 aliphatic carbocycles. The minimum Gasteiger partial charge on any atom is -0.455 e. The Morgan fingerprint density at radius 1 is 1.13 bits per heavy atom. The zero-order valence-corrected chi connectivity index (χ0v) is 18.5. The van der Waals surface area contributed by atoms with Gasteiger partial charge in [0.25, 0.3) is 5.91 Å². The zero-order chi connectivity index (χ0) is 20.9. The minimum atomic E-state index is -0.442. The highest BCUT2D eigenvalue weighted by atomic mass is 35.5. The third-order valence-electron chi connectivity index (χ3n) is 4.81. The minimum absolute atomic E-state index is 0.0659. The molecule has 0 spiro atoms. The highest BCUT2D eigenvalue weighted by Gasteiger charge is 2.22. The maximum absolute atomic E-state index is 12.4. The number of amides is 1. The molecule has 1 aromatic carbocycles. The highest BCUT2D eigenvalue weighted by molar-refractivity contribution is 7.14. The van der Waals surface area contributed by atoms with E-state index in [4.69, 9.17) is 16.3 Å². The Labute approximate surface area is 187 Å². The monoisotopic (exact) mass is 461 g/mol. The number of rotatable bonds is 6. The maximum Gasteiger partial charge on any atom is 0.312 e. The summed E-state index contributed by atoms with van der Waals surface area (Å²) in [5.41, 5.74) is 2.76. The average molecular weight is 462 g/mol. The average Bonchev–Trinajstić information content (AvgIpc) is 3.44. The van der Waals surface area contributed by atoms with Gasteiger partial charge in [0.05, 0.1) is 12.1 Å². The Hall–Kier alpha value is -2.42. The van der Waals surface area contributed by atoms with Crippen LogP contribution in [0.25, 0.3) is 10.6 Å². The van der Waals surface area contributed by atoms with Gasteiger partial charge in [0.15, 0.2) is 6.61 Å². The molecule has 0 unspecified atom stereocenters. The van der Waals surface area contributed by atoms with Gasteiger partial charge in [-0.15, -0.1) is 11.3 Å². The summed E-state index contributed by atoms with van der Waals surface area (Å²) in [6, 6.07) is 9.68. The van der Waals surface area contributed by atoms with Crippen molar-refractivity contribution in [2.24, 2.45) is 0 Å². The van der Waals surface area contributed by atoms with Crippen LogP contribution in [0.4, 0.5) is 5.69 Å². The molecule has 0 N–H and O–H groups in total. The van der Waals surface area contributed by atoms with E-state index in [-0.39, 0.29) is 18.9 Å². The fraction of sp³-hybridized carbons (Fsp3) is 0.286. The predicted octanol–water partition coefficient (Wildman–Crippen LogP) is 3.96. The molecule has 1 aliphatic heterocycles. The molecule has 30 heavy (non-hydrogen) atoms. The largest absolute Gasteiger partial charge is 0.455 e. The summed E-state index contributed by atoms with van der Waals surface area (Å²) in [7, 11) is 0. The number of piperazine rings is 1. The molecule has 4 rings (SSSR count). The first kappa shape index (κ1) is 20.8. The lowest BCUT2D eigenvalue weighted by atomic mass is 10.2. The summed E-state index contributed by atoms with van der Waals surface area (Å²) in [6.07, 6.45) is 0.0659.